The highest BCUT2D eigenvalue weighted by atomic mass is 19.1. The summed E-state index contributed by atoms with van der Waals surface area (Å²) in [4.78, 5) is 19.5. The van der Waals surface area contributed by atoms with Crippen molar-refractivity contribution < 1.29 is 18.3 Å². The van der Waals surface area contributed by atoms with Crippen LogP contribution in [0.5, 0.6) is 11.5 Å². The number of pyridine rings is 1. The molecule has 0 aliphatic carbocycles. The van der Waals surface area contributed by atoms with E-state index in [0.717, 1.165) is 4.68 Å². The maximum atomic E-state index is 15.7. The molecule has 0 radical (unpaired) electrons. The zero-order valence-electron chi connectivity index (χ0n) is 19.7. The largest absolute Gasteiger partial charge is 0.497 e. The molecule has 2 aromatic heterocycles. The number of aromatic amines is 1. The molecule has 11 nitrogen and oxygen atoms in total. The van der Waals surface area contributed by atoms with Crippen LogP contribution in [0.25, 0.3) is 5.82 Å². The fraction of sp³-hybridized carbons (Fsp3) is 0.167. The number of amidine groups is 1. The third kappa shape index (κ3) is 5.50. The van der Waals surface area contributed by atoms with E-state index in [0.29, 0.717) is 11.3 Å². The summed E-state index contributed by atoms with van der Waals surface area (Å²) in [6.07, 6.45) is 0. The van der Waals surface area contributed by atoms with Crippen molar-refractivity contribution >= 4 is 17.3 Å². The van der Waals surface area contributed by atoms with Gasteiger partial charge in [0.1, 0.15) is 36.7 Å². The van der Waals surface area contributed by atoms with Gasteiger partial charge in [-0.25, -0.2) is 18.6 Å². The zero-order chi connectivity index (χ0) is 26.5. The monoisotopic (exact) mass is 510 g/mol. The van der Waals surface area contributed by atoms with Gasteiger partial charge in [0.05, 0.1) is 7.11 Å². The molecular formula is C24H24F2N8O3. The highest BCUT2D eigenvalue weighted by molar-refractivity contribution is 5.95. The van der Waals surface area contributed by atoms with Crippen LogP contribution in [0.1, 0.15) is 23.0 Å². The Morgan fingerprint density at radius 1 is 1.24 bits per heavy atom. The number of benzene rings is 2. The van der Waals surface area contributed by atoms with Crippen LogP contribution in [-0.4, -0.2) is 46.0 Å². The Balaban J connectivity index is 1.84. The number of anilines is 2. The molecule has 0 amide bonds. The number of aromatic nitrogens is 4. The summed E-state index contributed by atoms with van der Waals surface area (Å²) in [6, 6.07) is 12.8. The molecule has 4 aromatic rings. The normalized spacial score (nSPS) is 11.6. The molecule has 0 saturated heterocycles. The minimum Gasteiger partial charge on any atom is -0.497 e. The summed E-state index contributed by atoms with van der Waals surface area (Å²) in [5.74, 6) is -0.529. The van der Waals surface area contributed by atoms with Crippen molar-refractivity contribution in [2.24, 2.45) is 5.73 Å². The Hall–Kier alpha value is -4.94. The molecule has 0 saturated carbocycles. The predicted molar refractivity (Wildman–Crippen MR) is 134 cm³/mol. The number of methoxy groups -OCH3 is 1. The predicted octanol–water partition coefficient (Wildman–Crippen LogP) is 2.52. The maximum absolute atomic E-state index is 15.7. The van der Waals surface area contributed by atoms with Crippen LogP contribution in [0.3, 0.4) is 0 Å². The number of ether oxygens (including phenoxy) is 2. The fourth-order valence-electron chi connectivity index (χ4n) is 3.56. The van der Waals surface area contributed by atoms with Gasteiger partial charge < -0.3 is 26.3 Å². The number of nitrogens with zero attached hydrogens (tertiary/aromatic N) is 3. The van der Waals surface area contributed by atoms with Crippen molar-refractivity contribution in [1.29, 1.82) is 5.41 Å². The van der Waals surface area contributed by atoms with Gasteiger partial charge in [-0.1, -0.05) is 6.07 Å². The van der Waals surface area contributed by atoms with Crippen molar-refractivity contribution in [2.75, 3.05) is 31.4 Å². The molecule has 7 N–H and O–H groups in total. The Kier molecular flexibility index (Phi) is 7.32. The molecule has 192 valence electrons. The number of hydrogen-bond donors (Lipinski definition) is 5. The average molecular weight is 511 g/mol. The number of alkyl halides is 1. The Labute approximate surface area is 209 Å². The lowest BCUT2D eigenvalue weighted by Crippen LogP contribution is -2.18. The summed E-state index contributed by atoms with van der Waals surface area (Å²) < 4.78 is 39.9. The van der Waals surface area contributed by atoms with Crippen molar-refractivity contribution in [3.05, 3.63) is 87.9 Å². The number of nitrogens with one attached hydrogen (secondary N) is 3. The Bertz CT molecular complexity index is 1470. The Morgan fingerprint density at radius 3 is 2.65 bits per heavy atom. The van der Waals surface area contributed by atoms with Crippen LogP contribution < -0.4 is 31.9 Å². The van der Waals surface area contributed by atoms with Crippen LogP contribution in [0.15, 0.2) is 59.4 Å². The molecule has 0 spiro atoms. The SMILES string of the molecule is COc1cc(OCCF)c(F)c(C(Nc2ccc(C(=N)N)cc2)c2nn(-c3cccc(N)n3)c(=O)[nH]2)c1. The van der Waals surface area contributed by atoms with Gasteiger partial charge >= 0.3 is 5.69 Å². The number of rotatable bonds is 10. The summed E-state index contributed by atoms with van der Waals surface area (Å²) in [5.41, 5.74) is 11.6. The van der Waals surface area contributed by atoms with Gasteiger partial charge in [0, 0.05) is 22.9 Å². The quantitative estimate of drug-likeness (QED) is 0.160. The smallest absolute Gasteiger partial charge is 0.349 e. The molecule has 0 aliphatic heterocycles. The van der Waals surface area contributed by atoms with Crippen molar-refractivity contribution in [3.8, 4) is 17.3 Å². The van der Waals surface area contributed by atoms with E-state index in [1.165, 1.54) is 19.2 Å². The first-order valence-corrected chi connectivity index (χ1v) is 11.0. The van der Waals surface area contributed by atoms with E-state index in [9.17, 15) is 9.18 Å². The Morgan fingerprint density at radius 2 is 2.00 bits per heavy atom. The van der Waals surface area contributed by atoms with Gasteiger partial charge in [-0.3, -0.25) is 10.4 Å². The van der Waals surface area contributed by atoms with Crippen LogP contribution in [0.2, 0.25) is 0 Å². The van der Waals surface area contributed by atoms with Gasteiger partial charge in [0.25, 0.3) is 0 Å². The summed E-state index contributed by atoms with van der Waals surface area (Å²) in [5, 5.41) is 15.0. The molecule has 2 heterocycles. The summed E-state index contributed by atoms with van der Waals surface area (Å²) >= 11 is 0. The second-order valence-corrected chi connectivity index (χ2v) is 7.78. The maximum Gasteiger partial charge on any atom is 0.349 e. The number of hydrogen-bond acceptors (Lipinski definition) is 8. The van der Waals surface area contributed by atoms with Crippen molar-refractivity contribution in [2.45, 2.75) is 6.04 Å². The molecule has 0 aliphatic rings. The van der Waals surface area contributed by atoms with E-state index >= 15 is 4.39 Å². The van der Waals surface area contributed by atoms with Gasteiger partial charge in [0.15, 0.2) is 23.2 Å². The molecule has 13 heteroatoms. The first-order valence-electron chi connectivity index (χ1n) is 11.0. The van der Waals surface area contributed by atoms with Gasteiger partial charge in [0.2, 0.25) is 0 Å². The first-order chi connectivity index (χ1) is 17.8. The third-order valence-electron chi connectivity index (χ3n) is 5.31. The fourth-order valence-corrected chi connectivity index (χ4v) is 3.56. The number of halogens is 2. The number of nitrogen functional groups attached to an aromatic ring is 2. The second kappa shape index (κ2) is 10.8. The summed E-state index contributed by atoms with van der Waals surface area (Å²) in [6.45, 7) is -1.18. The van der Waals surface area contributed by atoms with Crippen LogP contribution in [0, 0.1) is 11.2 Å². The molecule has 4 rings (SSSR count). The van der Waals surface area contributed by atoms with E-state index in [-0.39, 0.29) is 47.0 Å². The first kappa shape index (κ1) is 25.2. The molecule has 0 fully saturated rings. The van der Waals surface area contributed by atoms with Gasteiger partial charge in [-0.2, -0.15) is 4.68 Å². The minimum atomic E-state index is -1.07. The molecular weight excluding hydrogens is 486 g/mol. The highest BCUT2D eigenvalue weighted by Crippen LogP contribution is 2.35. The van der Waals surface area contributed by atoms with E-state index < -0.39 is 24.2 Å². The lowest BCUT2D eigenvalue weighted by molar-refractivity contribution is 0.260. The second-order valence-electron chi connectivity index (χ2n) is 7.78. The highest BCUT2D eigenvalue weighted by Gasteiger charge is 2.27. The van der Waals surface area contributed by atoms with E-state index in [4.69, 9.17) is 26.4 Å². The van der Waals surface area contributed by atoms with Gasteiger partial charge in [-0.05, 0) is 42.5 Å². The van der Waals surface area contributed by atoms with E-state index in [1.54, 1.807) is 42.5 Å². The summed E-state index contributed by atoms with van der Waals surface area (Å²) in [7, 11) is 1.39. The van der Waals surface area contributed by atoms with Crippen LogP contribution in [-0.2, 0) is 0 Å². The molecule has 37 heavy (non-hydrogen) atoms. The molecule has 1 unspecified atom stereocenters. The molecule has 0 bridgehead atoms. The molecule has 2 aromatic carbocycles. The topological polar surface area (TPSA) is 170 Å². The lowest BCUT2D eigenvalue weighted by Gasteiger charge is -2.21. The zero-order valence-corrected chi connectivity index (χ0v) is 19.7. The van der Waals surface area contributed by atoms with Crippen LogP contribution in [0.4, 0.5) is 20.3 Å². The standard InChI is InChI=1S/C24H24F2N8O3/c1-36-15-11-16(20(26)17(12-15)37-10-9-25)21(30-14-7-5-13(6-8-14)22(28)29)23-32-24(35)34(33-23)19-4-2-3-18(27)31-19/h2-8,11-12,21,30H,9-10H2,1H3,(H2,27,31)(H3,28,29)(H,32,33,35). The lowest BCUT2D eigenvalue weighted by atomic mass is 10.0. The minimum absolute atomic E-state index is 0.00490. The van der Waals surface area contributed by atoms with Gasteiger partial charge in [-0.15, -0.1) is 5.10 Å². The average Bonchev–Trinajstić information content (AvgIpc) is 3.28. The number of nitrogens with two attached hydrogens (primary N) is 2. The van der Waals surface area contributed by atoms with E-state index in [1.807, 2.05) is 0 Å². The number of H-pyrrole nitrogens is 1. The molecule has 1 atom stereocenters. The van der Waals surface area contributed by atoms with Crippen LogP contribution >= 0.6 is 0 Å². The van der Waals surface area contributed by atoms with Crippen molar-refractivity contribution in [1.82, 2.24) is 19.7 Å². The van der Waals surface area contributed by atoms with E-state index in [2.05, 4.69) is 20.4 Å². The third-order valence-corrected chi connectivity index (χ3v) is 5.31. The van der Waals surface area contributed by atoms with Crippen molar-refractivity contribution in [3.63, 3.8) is 0 Å².